The van der Waals surface area contributed by atoms with E-state index in [9.17, 15) is 22.8 Å². The molecule has 0 aromatic heterocycles. The number of sulfonamides is 1. The standard InChI is InChI=1S/C30H52N4O8S/c1-22(2)19-34(43(38,39)25-16-14-23(15-17-25)32-28(37)42-30(6,7)8)24(21-40-26(35)20-33(9)10)13-11-12-18-31-27(36)41-29(3,4)5/h14-17,22,24H,11-13,18-21H2,1-10H3,(H,31,36)(H,32,37). The third-order valence-corrected chi connectivity index (χ3v) is 7.51. The maximum atomic E-state index is 14.0. The lowest BCUT2D eigenvalue weighted by atomic mass is 10.1. The van der Waals surface area contributed by atoms with Gasteiger partial charge in [0.25, 0.3) is 0 Å². The molecule has 0 aliphatic carbocycles. The molecule has 246 valence electrons. The van der Waals surface area contributed by atoms with Crippen LogP contribution in [-0.4, -0.2) is 93.4 Å². The highest BCUT2D eigenvalue weighted by molar-refractivity contribution is 7.89. The van der Waals surface area contributed by atoms with Crippen molar-refractivity contribution in [2.45, 2.75) is 96.8 Å². The van der Waals surface area contributed by atoms with Crippen molar-refractivity contribution in [1.29, 1.82) is 0 Å². The third kappa shape index (κ3) is 15.9. The number of nitrogens with zero attached hydrogens (tertiary/aromatic N) is 2. The molecule has 0 aliphatic heterocycles. The van der Waals surface area contributed by atoms with Crippen LogP contribution in [0.4, 0.5) is 15.3 Å². The van der Waals surface area contributed by atoms with Crippen molar-refractivity contribution in [2.24, 2.45) is 5.92 Å². The Hall–Kier alpha value is -2.90. The van der Waals surface area contributed by atoms with Gasteiger partial charge in [-0.1, -0.05) is 13.8 Å². The smallest absolute Gasteiger partial charge is 0.412 e. The molecule has 1 atom stereocenters. The van der Waals surface area contributed by atoms with E-state index in [1.54, 1.807) is 60.5 Å². The van der Waals surface area contributed by atoms with E-state index < -0.39 is 45.4 Å². The molecular weight excluding hydrogens is 576 g/mol. The van der Waals surface area contributed by atoms with Gasteiger partial charge in [-0.2, -0.15) is 4.31 Å². The van der Waals surface area contributed by atoms with Crippen LogP contribution in [0.15, 0.2) is 29.2 Å². The monoisotopic (exact) mass is 628 g/mol. The van der Waals surface area contributed by atoms with Crippen LogP contribution >= 0.6 is 0 Å². The highest BCUT2D eigenvalue weighted by Crippen LogP contribution is 2.25. The molecular formula is C30H52N4O8S. The molecule has 2 N–H and O–H groups in total. The molecule has 0 saturated heterocycles. The molecule has 0 radical (unpaired) electrons. The Bertz CT molecular complexity index is 1140. The summed E-state index contributed by atoms with van der Waals surface area (Å²) in [7, 11) is -0.532. The lowest BCUT2D eigenvalue weighted by molar-refractivity contribution is -0.145. The number of esters is 1. The van der Waals surface area contributed by atoms with E-state index in [1.165, 1.54) is 28.6 Å². The number of benzene rings is 1. The number of hydrogen-bond donors (Lipinski definition) is 2. The number of carbonyl (C=O) groups excluding carboxylic acids is 3. The number of rotatable bonds is 15. The van der Waals surface area contributed by atoms with E-state index in [0.717, 1.165) is 0 Å². The van der Waals surface area contributed by atoms with Crippen LogP contribution in [0.5, 0.6) is 0 Å². The summed E-state index contributed by atoms with van der Waals surface area (Å²) in [5, 5.41) is 5.31. The second-order valence-corrected chi connectivity index (χ2v) is 15.0. The third-order valence-electron chi connectivity index (χ3n) is 5.57. The quantitative estimate of drug-likeness (QED) is 0.158. The van der Waals surface area contributed by atoms with Gasteiger partial charge in [-0.3, -0.25) is 15.0 Å². The van der Waals surface area contributed by atoms with Gasteiger partial charge in [-0.25, -0.2) is 18.0 Å². The lowest BCUT2D eigenvalue weighted by Gasteiger charge is -2.32. The second kappa shape index (κ2) is 16.8. The summed E-state index contributed by atoms with van der Waals surface area (Å²) < 4.78 is 45.3. The van der Waals surface area contributed by atoms with Crippen molar-refractivity contribution < 1.29 is 37.0 Å². The first kappa shape index (κ1) is 38.1. The molecule has 0 saturated carbocycles. The number of anilines is 1. The summed E-state index contributed by atoms with van der Waals surface area (Å²) in [6.07, 6.45) is 0.368. The summed E-state index contributed by atoms with van der Waals surface area (Å²) in [5.41, 5.74) is -0.904. The summed E-state index contributed by atoms with van der Waals surface area (Å²) in [6.45, 7) is 14.9. The van der Waals surface area contributed by atoms with E-state index >= 15 is 0 Å². The molecule has 1 unspecified atom stereocenters. The van der Waals surface area contributed by atoms with E-state index in [-0.39, 0.29) is 30.5 Å². The Kier molecular flexibility index (Phi) is 14.9. The number of ether oxygens (including phenoxy) is 3. The van der Waals surface area contributed by atoms with Gasteiger partial charge in [0, 0.05) is 18.8 Å². The van der Waals surface area contributed by atoms with Crippen molar-refractivity contribution in [2.75, 3.05) is 45.7 Å². The first-order valence-electron chi connectivity index (χ1n) is 14.6. The van der Waals surface area contributed by atoms with Crippen molar-refractivity contribution in [3.63, 3.8) is 0 Å². The molecule has 2 amide bonds. The zero-order valence-electron chi connectivity index (χ0n) is 27.5. The van der Waals surface area contributed by atoms with Gasteiger partial charge in [0.2, 0.25) is 10.0 Å². The average Bonchev–Trinajstić information content (AvgIpc) is 2.81. The average molecular weight is 629 g/mol. The topological polar surface area (TPSA) is 144 Å². The van der Waals surface area contributed by atoms with Crippen LogP contribution in [-0.2, 0) is 29.0 Å². The number of amides is 2. The molecule has 0 heterocycles. The summed E-state index contributed by atoms with van der Waals surface area (Å²) >= 11 is 0. The van der Waals surface area contributed by atoms with Crippen LogP contribution in [0.3, 0.4) is 0 Å². The highest BCUT2D eigenvalue weighted by atomic mass is 32.2. The van der Waals surface area contributed by atoms with Gasteiger partial charge in [0.15, 0.2) is 0 Å². The summed E-state index contributed by atoms with van der Waals surface area (Å²) in [5.74, 6) is -0.474. The van der Waals surface area contributed by atoms with Gasteiger partial charge < -0.3 is 19.5 Å². The largest absolute Gasteiger partial charge is 0.463 e. The van der Waals surface area contributed by atoms with Crippen molar-refractivity contribution >= 4 is 33.9 Å². The van der Waals surface area contributed by atoms with Crippen LogP contribution < -0.4 is 10.6 Å². The maximum absolute atomic E-state index is 14.0. The molecule has 1 aromatic rings. The van der Waals surface area contributed by atoms with Crippen LogP contribution in [0.25, 0.3) is 0 Å². The van der Waals surface area contributed by atoms with Gasteiger partial charge in [-0.05, 0) is 105 Å². The van der Waals surface area contributed by atoms with E-state index in [4.69, 9.17) is 14.2 Å². The molecule has 0 aliphatic rings. The van der Waals surface area contributed by atoms with Gasteiger partial charge in [0.05, 0.1) is 17.5 Å². The second-order valence-electron chi connectivity index (χ2n) is 13.1. The first-order valence-corrected chi connectivity index (χ1v) is 16.0. The Labute approximate surface area is 257 Å². The zero-order chi connectivity index (χ0) is 33.0. The van der Waals surface area contributed by atoms with Crippen molar-refractivity contribution in [3.8, 4) is 0 Å². The minimum atomic E-state index is -4.02. The normalized spacial score (nSPS) is 13.1. The Balaban J connectivity index is 3.13. The molecule has 0 fully saturated rings. The number of unbranched alkanes of at least 4 members (excludes halogenated alkanes) is 1. The Morgan fingerprint density at radius 1 is 0.884 bits per heavy atom. The number of alkyl carbamates (subject to hydrolysis) is 1. The molecule has 13 heteroatoms. The fraction of sp³-hybridized carbons (Fsp3) is 0.700. The Morgan fingerprint density at radius 3 is 1.95 bits per heavy atom. The van der Waals surface area contributed by atoms with Crippen LogP contribution in [0.1, 0.15) is 74.7 Å². The lowest BCUT2D eigenvalue weighted by Crippen LogP contribution is -2.45. The molecule has 12 nitrogen and oxygen atoms in total. The van der Waals surface area contributed by atoms with Crippen molar-refractivity contribution in [1.82, 2.24) is 14.5 Å². The van der Waals surface area contributed by atoms with Gasteiger partial charge in [0.1, 0.15) is 17.8 Å². The van der Waals surface area contributed by atoms with E-state index in [0.29, 0.717) is 31.5 Å². The molecule has 1 aromatic carbocycles. The number of hydrogen-bond acceptors (Lipinski definition) is 9. The SMILES string of the molecule is CC(C)CN(C(CCCCNC(=O)OC(C)(C)C)COC(=O)CN(C)C)S(=O)(=O)c1ccc(NC(=O)OC(C)(C)C)cc1. The highest BCUT2D eigenvalue weighted by Gasteiger charge is 2.33. The molecule has 1 rings (SSSR count). The molecule has 0 spiro atoms. The molecule has 43 heavy (non-hydrogen) atoms. The van der Waals surface area contributed by atoms with Crippen LogP contribution in [0.2, 0.25) is 0 Å². The van der Waals surface area contributed by atoms with E-state index in [2.05, 4.69) is 10.6 Å². The van der Waals surface area contributed by atoms with Crippen LogP contribution in [0, 0.1) is 5.92 Å². The maximum Gasteiger partial charge on any atom is 0.412 e. The first-order chi connectivity index (χ1) is 19.7. The molecule has 0 bridgehead atoms. The zero-order valence-corrected chi connectivity index (χ0v) is 28.3. The van der Waals surface area contributed by atoms with Crippen molar-refractivity contribution in [3.05, 3.63) is 24.3 Å². The fourth-order valence-corrected chi connectivity index (χ4v) is 5.69. The summed E-state index contributed by atoms with van der Waals surface area (Å²) in [6, 6.07) is 5.21. The number of carbonyl (C=O) groups is 3. The number of nitrogens with one attached hydrogen (secondary N) is 2. The van der Waals surface area contributed by atoms with Gasteiger partial charge >= 0.3 is 18.2 Å². The van der Waals surface area contributed by atoms with E-state index in [1.807, 2.05) is 13.8 Å². The number of likely N-dealkylation sites (N-methyl/N-ethyl adjacent to an activating group) is 1. The van der Waals surface area contributed by atoms with Gasteiger partial charge in [-0.15, -0.1) is 0 Å². The predicted molar refractivity (Wildman–Crippen MR) is 166 cm³/mol. The predicted octanol–water partition coefficient (Wildman–Crippen LogP) is 4.85. The fourth-order valence-electron chi connectivity index (χ4n) is 3.88. The Morgan fingerprint density at radius 2 is 1.44 bits per heavy atom. The summed E-state index contributed by atoms with van der Waals surface area (Å²) in [4.78, 5) is 38.2. The minimum Gasteiger partial charge on any atom is -0.463 e. The minimum absolute atomic E-state index is 0.0169.